The van der Waals surface area contributed by atoms with Crippen molar-refractivity contribution in [1.29, 1.82) is 0 Å². The fraction of sp³-hybridized carbons (Fsp3) is 0.364. The number of carbonyl (C=O) groups is 2. The van der Waals surface area contributed by atoms with E-state index in [1.54, 1.807) is 29.2 Å². The summed E-state index contributed by atoms with van der Waals surface area (Å²) in [4.78, 5) is 25.9. The normalized spacial score (nSPS) is 12.8. The van der Waals surface area contributed by atoms with Crippen LogP contribution in [0.5, 0.6) is 17.2 Å². The highest BCUT2D eigenvalue weighted by Gasteiger charge is 2.23. The maximum Gasteiger partial charge on any atom is 0.260 e. The highest BCUT2D eigenvalue weighted by atomic mass is 16.5. The van der Waals surface area contributed by atoms with Gasteiger partial charge in [0.15, 0.2) is 18.1 Å². The van der Waals surface area contributed by atoms with Crippen LogP contribution in [-0.4, -0.2) is 43.1 Å². The minimum absolute atomic E-state index is 0.151. The first-order valence-corrected chi connectivity index (χ1v) is 9.74. The predicted octanol–water partition coefficient (Wildman–Crippen LogP) is 2.55. The lowest BCUT2D eigenvalue weighted by molar-refractivity contribution is -0.134. The second kappa shape index (κ2) is 9.32. The average molecular weight is 398 g/mol. The van der Waals surface area contributed by atoms with Gasteiger partial charge < -0.3 is 24.8 Å². The van der Waals surface area contributed by atoms with Gasteiger partial charge in [-0.3, -0.25) is 9.59 Å². The first-order valence-electron chi connectivity index (χ1n) is 9.74. The molecule has 0 radical (unpaired) electrons. The zero-order valence-electron chi connectivity index (χ0n) is 16.8. The van der Waals surface area contributed by atoms with E-state index in [1.165, 1.54) is 0 Å². The predicted molar refractivity (Wildman–Crippen MR) is 108 cm³/mol. The largest absolute Gasteiger partial charge is 0.490 e. The Bertz CT molecular complexity index is 897. The van der Waals surface area contributed by atoms with Crippen molar-refractivity contribution in [1.82, 2.24) is 4.90 Å². The van der Waals surface area contributed by atoms with Crippen LogP contribution < -0.4 is 19.9 Å². The molecule has 0 aromatic heterocycles. The SMILES string of the molecule is CCOc1cc2c(cc1OCC)CN(C(=O)COc1ccccc1C(N)=O)CC2. The van der Waals surface area contributed by atoms with Crippen LogP contribution in [0.2, 0.25) is 0 Å². The zero-order chi connectivity index (χ0) is 20.8. The van der Waals surface area contributed by atoms with Gasteiger partial charge in [-0.1, -0.05) is 12.1 Å². The summed E-state index contributed by atoms with van der Waals surface area (Å²) in [6.07, 6.45) is 0.728. The fourth-order valence-corrected chi connectivity index (χ4v) is 3.34. The van der Waals surface area contributed by atoms with Gasteiger partial charge in [0, 0.05) is 13.1 Å². The second-order valence-electron chi connectivity index (χ2n) is 6.65. The van der Waals surface area contributed by atoms with Crippen molar-refractivity contribution in [2.45, 2.75) is 26.8 Å². The molecule has 1 aliphatic rings. The summed E-state index contributed by atoms with van der Waals surface area (Å²) in [5.41, 5.74) is 7.80. The summed E-state index contributed by atoms with van der Waals surface area (Å²) in [5, 5.41) is 0. The van der Waals surface area contributed by atoms with Gasteiger partial charge >= 0.3 is 0 Å². The Morgan fingerprint density at radius 2 is 1.62 bits per heavy atom. The van der Waals surface area contributed by atoms with Crippen LogP contribution in [-0.2, 0) is 17.8 Å². The molecule has 1 heterocycles. The molecule has 0 saturated carbocycles. The van der Waals surface area contributed by atoms with Gasteiger partial charge in [-0.15, -0.1) is 0 Å². The van der Waals surface area contributed by atoms with Crippen molar-refractivity contribution in [3.05, 3.63) is 53.1 Å². The van der Waals surface area contributed by atoms with E-state index in [4.69, 9.17) is 19.9 Å². The van der Waals surface area contributed by atoms with Crippen LogP contribution in [0.1, 0.15) is 35.3 Å². The number of nitrogens with two attached hydrogens (primary N) is 1. The standard InChI is InChI=1S/C22H26N2O5/c1-3-27-19-11-15-9-10-24(13-16(15)12-20(19)28-4-2)21(25)14-29-18-8-6-5-7-17(18)22(23)26/h5-8,11-12H,3-4,9-10,13-14H2,1-2H3,(H2,23,26). The van der Waals surface area contributed by atoms with Gasteiger partial charge in [-0.05, 0) is 55.7 Å². The summed E-state index contributed by atoms with van der Waals surface area (Å²) in [7, 11) is 0. The average Bonchev–Trinajstić information content (AvgIpc) is 2.72. The number of amides is 2. The Morgan fingerprint density at radius 1 is 0.966 bits per heavy atom. The quantitative estimate of drug-likeness (QED) is 0.738. The molecule has 154 valence electrons. The molecule has 2 aromatic carbocycles. The van der Waals surface area contributed by atoms with E-state index in [-0.39, 0.29) is 18.1 Å². The molecule has 0 bridgehead atoms. The Kier molecular flexibility index (Phi) is 6.59. The van der Waals surface area contributed by atoms with Crippen molar-refractivity contribution in [3.8, 4) is 17.2 Å². The first kappa shape index (κ1) is 20.5. The fourth-order valence-electron chi connectivity index (χ4n) is 3.34. The summed E-state index contributed by atoms with van der Waals surface area (Å²) in [6, 6.07) is 10.6. The lowest BCUT2D eigenvalue weighted by atomic mass is 9.98. The summed E-state index contributed by atoms with van der Waals surface area (Å²) < 4.78 is 17.0. The summed E-state index contributed by atoms with van der Waals surface area (Å²) in [6.45, 7) is 5.86. The minimum atomic E-state index is -0.589. The van der Waals surface area contributed by atoms with E-state index in [1.807, 2.05) is 26.0 Å². The van der Waals surface area contributed by atoms with Crippen molar-refractivity contribution in [2.75, 3.05) is 26.4 Å². The molecule has 0 unspecified atom stereocenters. The van der Waals surface area contributed by atoms with Crippen LogP contribution in [0.15, 0.2) is 36.4 Å². The van der Waals surface area contributed by atoms with E-state index in [0.29, 0.717) is 37.8 Å². The number of hydrogen-bond donors (Lipinski definition) is 1. The summed E-state index contributed by atoms with van der Waals surface area (Å²) in [5.74, 6) is 0.995. The molecule has 0 atom stereocenters. The van der Waals surface area contributed by atoms with Crippen LogP contribution >= 0.6 is 0 Å². The number of carbonyl (C=O) groups excluding carboxylic acids is 2. The molecule has 0 saturated heterocycles. The lowest BCUT2D eigenvalue weighted by Crippen LogP contribution is -2.39. The molecule has 7 heteroatoms. The van der Waals surface area contributed by atoms with Gasteiger partial charge in [0.05, 0.1) is 18.8 Å². The van der Waals surface area contributed by atoms with Gasteiger partial charge in [0.2, 0.25) is 0 Å². The number of nitrogens with zero attached hydrogens (tertiary/aromatic N) is 1. The third-order valence-electron chi connectivity index (χ3n) is 4.73. The number of fused-ring (bicyclic) bond motifs is 1. The molecule has 0 fully saturated rings. The lowest BCUT2D eigenvalue weighted by Gasteiger charge is -2.30. The zero-order valence-corrected chi connectivity index (χ0v) is 16.8. The molecule has 3 rings (SSSR count). The van der Waals surface area contributed by atoms with Crippen molar-refractivity contribution in [3.63, 3.8) is 0 Å². The van der Waals surface area contributed by atoms with E-state index in [0.717, 1.165) is 23.3 Å². The number of ether oxygens (including phenoxy) is 3. The van der Waals surface area contributed by atoms with E-state index in [9.17, 15) is 9.59 Å². The smallest absolute Gasteiger partial charge is 0.260 e. The van der Waals surface area contributed by atoms with Crippen molar-refractivity contribution in [2.24, 2.45) is 5.73 Å². The second-order valence-corrected chi connectivity index (χ2v) is 6.65. The minimum Gasteiger partial charge on any atom is -0.490 e. The number of primary amides is 1. The number of rotatable bonds is 8. The van der Waals surface area contributed by atoms with Gasteiger partial charge in [-0.25, -0.2) is 0 Å². The molecular weight excluding hydrogens is 372 g/mol. The van der Waals surface area contributed by atoms with E-state index in [2.05, 4.69) is 0 Å². The number of benzene rings is 2. The number of hydrogen-bond acceptors (Lipinski definition) is 5. The van der Waals surface area contributed by atoms with Crippen molar-refractivity contribution < 1.29 is 23.8 Å². The number of para-hydroxylation sites is 1. The molecule has 2 N–H and O–H groups in total. The highest BCUT2D eigenvalue weighted by molar-refractivity contribution is 5.95. The molecule has 2 aromatic rings. The van der Waals surface area contributed by atoms with Crippen molar-refractivity contribution >= 4 is 11.8 Å². The summed E-state index contributed by atoms with van der Waals surface area (Å²) >= 11 is 0. The molecule has 0 aliphatic carbocycles. The Balaban J connectivity index is 1.69. The van der Waals surface area contributed by atoms with Crippen LogP contribution in [0.3, 0.4) is 0 Å². The highest BCUT2D eigenvalue weighted by Crippen LogP contribution is 2.34. The Morgan fingerprint density at radius 3 is 2.28 bits per heavy atom. The van der Waals surface area contributed by atoms with E-state index < -0.39 is 5.91 Å². The van der Waals surface area contributed by atoms with Crippen LogP contribution in [0.4, 0.5) is 0 Å². The first-order chi connectivity index (χ1) is 14.0. The molecule has 29 heavy (non-hydrogen) atoms. The van der Waals surface area contributed by atoms with Crippen LogP contribution in [0, 0.1) is 0 Å². The van der Waals surface area contributed by atoms with E-state index >= 15 is 0 Å². The van der Waals surface area contributed by atoms with Gasteiger partial charge in [-0.2, -0.15) is 0 Å². The molecule has 2 amide bonds. The Labute approximate surface area is 170 Å². The third kappa shape index (κ3) is 4.80. The maximum atomic E-state index is 12.7. The Hall–Kier alpha value is -3.22. The topological polar surface area (TPSA) is 91.1 Å². The molecule has 1 aliphatic heterocycles. The maximum absolute atomic E-state index is 12.7. The monoisotopic (exact) mass is 398 g/mol. The molecule has 7 nitrogen and oxygen atoms in total. The van der Waals surface area contributed by atoms with Gasteiger partial charge in [0.25, 0.3) is 11.8 Å². The van der Waals surface area contributed by atoms with Gasteiger partial charge in [0.1, 0.15) is 5.75 Å². The molecule has 0 spiro atoms. The third-order valence-corrected chi connectivity index (χ3v) is 4.73. The molecular formula is C22H26N2O5. The van der Waals surface area contributed by atoms with Crippen LogP contribution in [0.25, 0.3) is 0 Å².